The smallest absolute Gasteiger partial charge is 0.449 e. The number of alkyl halides is 3. The number of imidazole rings is 1. The van der Waals surface area contributed by atoms with E-state index >= 15 is 0 Å². The molecule has 1 unspecified atom stereocenters. The van der Waals surface area contributed by atoms with Crippen LogP contribution in [0.2, 0.25) is 0 Å². The Balaban J connectivity index is 2.10. The average molecular weight is 355 g/mol. The number of hydrogen-bond acceptors (Lipinski definition) is 4. The summed E-state index contributed by atoms with van der Waals surface area (Å²) in [6.07, 6.45) is -4.00. The van der Waals surface area contributed by atoms with E-state index in [0.717, 1.165) is 30.6 Å². The number of halogens is 4. The fourth-order valence-electron chi connectivity index (χ4n) is 3.31. The summed E-state index contributed by atoms with van der Waals surface area (Å²) in [5, 5.41) is 3.03. The standard InChI is InChI=1S/C16H13F4N3O2/c1-23-13-12(22-15(23)16(18,19)20)9(17)4-8-10(24)5-11(25-14(8)13)7-2-3-21-6-7/h4-5,7,21H,2-3,6H2,1H3. The Labute approximate surface area is 138 Å². The van der Waals surface area contributed by atoms with Crippen molar-refractivity contribution in [3.05, 3.63) is 39.8 Å². The fraction of sp³-hybridized carbons (Fsp3) is 0.375. The zero-order valence-electron chi connectivity index (χ0n) is 13.1. The van der Waals surface area contributed by atoms with E-state index in [1.807, 2.05) is 0 Å². The second-order valence-corrected chi connectivity index (χ2v) is 6.13. The van der Waals surface area contributed by atoms with Crippen LogP contribution in [0.3, 0.4) is 0 Å². The van der Waals surface area contributed by atoms with Gasteiger partial charge in [-0.25, -0.2) is 9.37 Å². The highest BCUT2D eigenvalue weighted by molar-refractivity contribution is 6.01. The minimum atomic E-state index is -4.75. The predicted molar refractivity (Wildman–Crippen MR) is 81.9 cm³/mol. The number of aromatic nitrogens is 2. The fourth-order valence-corrected chi connectivity index (χ4v) is 3.31. The molecule has 1 fully saturated rings. The van der Waals surface area contributed by atoms with Gasteiger partial charge in [0.25, 0.3) is 0 Å². The largest absolute Gasteiger partial charge is 0.458 e. The summed E-state index contributed by atoms with van der Waals surface area (Å²) in [5.74, 6) is -1.90. The molecule has 1 N–H and O–H groups in total. The van der Waals surface area contributed by atoms with Crippen molar-refractivity contribution >= 4 is 22.0 Å². The molecular weight excluding hydrogens is 342 g/mol. The Bertz CT molecular complexity index is 1050. The number of aryl methyl sites for hydroxylation is 1. The molecule has 4 rings (SSSR count). The van der Waals surface area contributed by atoms with Crippen LogP contribution in [0.5, 0.6) is 0 Å². The molecular formula is C16H13F4N3O2. The van der Waals surface area contributed by atoms with Gasteiger partial charge >= 0.3 is 6.18 Å². The molecule has 132 valence electrons. The normalized spacial score (nSPS) is 18.5. The molecule has 0 bridgehead atoms. The molecule has 0 radical (unpaired) electrons. The number of rotatable bonds is 1. The van der Waals surface area contributed by atoms with E-state index in [0.29, 0.717) is 12.3 Å². The van der Waals surface area contributed by atoms with Crippen molar-refractivity contribution in [1.82, 2.24) is 14.9 Å². The molecule has 0 spiro atoms. The average Bonchev–Trinajstić information content (AvgIpc) is 3.16. The number of nitrogens with one attached hydrogen (secondary N) is 1. The highest BCUT2D eigenvalue weighted by Gasteiger charge is 2.38. The molecule has 1 aromatic carbocycles. The third kappa shape index (κ3) is 2.41. The van der Waals surface area contributed by atoms with E-state index in [-0.39, 0.29) is 22.4 Å². The van der Waals surface area contributed by atoms with E-state index in [2.05, 4.69) is 10.3 Å². The SMILES string of the molecule is Cn1c(C(F)(F)F)nc2c(F)cc3c(=O)cc(C4CCNC4)oc3c21. The molecule has 3 aromatic rings. The highest BCUT2D eigenvalue weighted by Crippen LogP contribution is 2.35. The van der Waals surface area contributed by atoms with Crippen molar-refractivity contribution in [2.24, 2.45) is 7.05 Å². The third-order valence-electron chi connectivity index (χ3n) is 4.53. The van der Waals surface area contributed by atoms with Crippen molar-refractivity contribution in [1.29, 1.82) is 0 Å². The van der Waals surface area contributed by atoms with E-state index in [1.165, 1.54) is 6.07 Å². The zero-order chi connectivity index (χ0) is 17.9. The van der Waals surface area contributed by atoms with Gasteiger partial charge in [-0.2, -0.15) is 13.2 Å². The van der Waals surface area contributed by atoms with E-state index < -0.39 is 28.8 Å². The first kappa shape index (κ1) is 16.1. The van der Waals surface area contributed by atoms with Gasteiger partial charge in [-0.15, -0.1) is 0 Å². The lowest BCUT2D eigenvalue weighted by molar-refractivity contribution is -0.146. The first-order chi connectivity index (χ1) is 11.8. The van der Waals surface area contributed by atoms with Crippen molar-refractivity contribution in [3.8, 4) is 0 Å². The summed E-state index contributed by atoms with van der Waals surface area (Å²) in [4.78, 5) is 15.7. The lowest BCUT2D eigenvalue weighted by Crippen LogP contribution is -2.13. The Morgan fingerprint density at radius 3 is 2.76 bits per heavy atom. The molecule has 3 heterocycles. The Morgan fingerprint density at radius 2 is 2.12 bits per heavy atom. The van der Waals surface area contributed by atoms with Gasteiger partial charge in [0.1, 0.15) is 16.8 Å². The molecule has 0 saturated carbocycles. The van der Waals surface area contributed by atoms with Gasteiger partial charge in [-0.05, 0) is 19.0 Å². The second kappa shape index (κ2) is 5.29. The van der Waals surface area contributed by atoms with Gasteiger partial charge in [-0.1, -0.05) is 0 Å². The van der Waals surface area contributed by atoms with Crippen molar-refractivity contribution in [3.63, 3.8) is 0 Å². The maximum Gasteiger partial charge on any atom is 0.449 e. The molecule has 2 aromatic heterocycles. The molecule has 1 aliphatic heterocycles. The molecule has 1 atom stereocenters. The molecule has 0 aliphatic carbocycles. The minimum absolute atomic E-state index is 0.0486. The summed E-state index contributed by atoms with van der Waals surface area (Å²) in [7, 11) is 1.13. The van der Waals surface area contributed by atoms with Crippen LogP contribution in [-0.2, 0) is 13.2 Å². The number of benzene rings is 1. The second-order valence-electron chi connectivity index (χ2n) is 6.13. The zero-order valence-corrected chi connectivity index (χ0v) is 13.1. The van der Waals surface area contributed by atoms with Crippen LogP contribution in [0.15, 0.2) is 21.3 Å². The summed E-state index contributed by atoms with van der Waals surface area (Å²) in [6, 6.07) is 2.17. The topological polar surface area (TPSA) is 60.1 Å². The van der Waals surface area contributed by atoms with Gasteiger partial charge in [0.15, 0.2) is 16.8 Å². The maximum atomic E-state index is 14.2. The van der Waals surface area contributed by atoms with Crippen molar-refractivity contribution in [2.75, 3.05) is 13.1 Å². The van der Waals surface area contributed by atoms with E-state index in [9.17, 15) is 22.4 Å². The maximum absolute atomic E-state index is 14.2. The van der Waals surface area contributed by atoms with E-state index in [4.69, 9.17) is 4.42 Å². The Kier molecular flexibility index (Phi) is 3.40. The third-order valence-corrected chi connectivity index (χ3v) is 4.53. The van der Waals surface area contributed by atoms with Gasteiger partial charge < -0.3 is 14.3 Å². The van der Waals surface area contributed by atoms with Crippen LogP contribution < -0.4 is 10.7 Å². The Hall–Kier alpha value is -2.42. The summed E-state index contributed by atoms with van der Waals surface area (Å²) < 4.78 is 60.1. The lowest BCUT2D eigenvalue weighted by Gasteiger charge is -2.10. The molecule has 9 heteroatoms. The van der Waals surface area contributed by atoms with Crippen LogP contribution in [0.4, 0.5) is 17.6 Å². The Morgan fingerprint density at radius 1 is 1.36 bits per heavy atom. The summed E-state index contributed by atoms with van der Waals surface area (Å²) >= 11 is 0. The van der Waals surface area contributed by atoms with Gasteiger partial charge in [0.05, 0.1) is 5.39 Å². The van der Waals surface area contributed by atoms with Crippen molar-refractivity contribution in [2.45, 2.75) is 18.5 Å². The number of hydrogen-bond donors (Lipinski definition) is 1. The molecule has 1 saturated heterocycles. The highest BCUT2D eigenvalue weighted by atomic mass is 19.4. The van der Waals surface area contributed by atoms with Crippen LogP contribution in [0.1, 0.15) is 23.9 Å². The van der Waals surface area contributed by atoms with E-state index in [1.54, 1.807) is 0 Å². The first-order valence-electron chi connectivity index (χ1n) is 7.68. The van der Waals surface area contributed by atoms with Gasteiger partial charge in [0, 0.05) is 25.6 Å². The number of nitrogens with zero attached hydrogens (tertiary/aromatic N) is 2. The van der Waals surface area contributed by atoms with Gasteiger partial charge in [0.2, 0.25) is 5.82 Å². The van der Waals surface area contributed by atoms with Crippen LogP contribution in [0, 0.1) is 5.82 Å². The van der Waals surface area contributed by atoms with Crippen LogP contribution in [0.25, 0.3) is 22.0 Å². The lowest BCUT2D eigenvalue weighted by atomic mass is 10.0. The minimum Gasteiger partial charge on any atom is -0.458 e. The molecule has 0 amide bonds. The predicted octanol–water partition coefficient (Wildman–Crippen LogP) is 2.91. The van der Waals surface area contributed by atoms with Crippen LogP contribution >= 0.6 is 0 Å². The quantitative estimate of drug-likeness (QED) is 0.682. The first-order valence-corrected chi connectivity index (χ1v) is 7.68. The molecule has 5 nitrogen and oxygen atoms in total. The summed E-state index contributed by atoms with van der Waals surface area (Å²) in [5.41, 5.74) is -1.20. The van der Waals surface area contributed by atoms with Crippen LogP contribution in [-0.4, -0.2) is 22.6 Å². The molecule has 25 heavy (non-hydrogen) atoms. The number of fused-ring (bicyclic) bond motifs is 3. The van der Waals surface area contributed by atoms with Gasteiger partial charge in [-0.3, -0.25) is 4.79 Å². The summed E-state index contributed by atoms with van der Waals surface area (Å²) in [6.45, 7) is 1.37. The molecule has 1 aliphatic rings. The monoisotopic (exact) mass is 355 g/mol. The van der Waals surface area contributed by atoms with Crippen molar-refractivity contribution < 1.29 is 22.0 Å².